The first-order valence-corrected chi connectivity index (χ1v) is 10.1. The predicted molar refractivity (Wildman–Crippen MR) is 112 cm³/mol. The molecule has 0 unspecified atom stereocenters. The van der Waals surface area contributed by atoms with E-state index in [9.17, 15) is 14.4 Å². The van der Waals surface area contributed by atoms with Crippen LogP contribution in [0.5, 0.6) is 5.75 Å². The number of pyridine rings is 1. The summed E-state index contributed by atoms with van der Waals surface area (Å²) in [4.78, 5) is 39.0. The number of hydrogen-bond donors (Lipinski definition) is 0. The minimum absolute atomic E-state index is 0.0138. The molecule has 7 nitrogen and oxygen atoms in total. The third-order valence-electron chi connectivity index (χ3n) is 5.18. The lowest BCUT2D eigenvalue weighted by molar-refractivity contribution is -0.109. The first-order valence-electron chi connectivity index (χ1n) is 9.20. The number of fused-ring (bicyclic) bond motifs is 3. The normalized spacial score (nSPS) is 22.9. The number of amides is 1. The van der Waals surface area contributed by atoms with E-state index in [2.05, 4.69) is 0 Å². The van der Waals surface area contributed by atoms with Crippen LogP contribution < -0.4 is 15.2 Å². The molecule has 8 heteroatoms. The SMILES string of the molecule is COc1c2n(ccc1=O)N1[C@H](c3ccccc3)C=C[C@H](SC(C)=O)[C@H]1N(C)C2=O. The van der Waals surface area contributed by atoms with Gasteiger partial charge >= 0.3 is 0 Å². The van der Waals surface area contributed by atoms with E-state index in [1.807, 2.05) is 47.5 Å². The molecule has 0 bridgehead atoms. The van der Waals surface area contributed by atoms with Gasteiger partial charge in [-0.05, 0) is 5.56 Å². The molecular formula is C21H21N3O4S. The number of benzene rings is 1. The smallest absolute Gasteiger partial charge is 0.277 e. The van der Waals surface area contributed by atoms with E-state index in [0.717, 1.165) is 5.56 Å². The van der Waals surface area contributed by atoms with Gasteiger partial charge in [0, 0.05) is 26.2 Å². The van der Waals surface area contributed by atoms with Gasteiger partial charge in [-0.25, -0.2) is 0 Å². The van der Waals surface area contributed by atoms with Gasteiger partial charge in [-0.1, -0.05) is 54.2 Å². The van der Waals surface area contributed by atoms with Crippen molar-refractivity contribution in [3.63, 3.8) is 0 Å². The highest BCUT2D eigenvalue weighted by atomic mass is 32.2. The standard InChI is InChI=1S/C21H21N3O4S/c1-13(25)29-17-10-9-15(14-7-5-4-6-8-14)24-20(17)22(2)21(27)18-19(28-3)16(26)11-12-23(18)24/h4-12,15,17,20H,1-3H3/t15-,17-,20-/m0/s1. The van der Waals surface area contributed by atoms with Gasteiger partial charge in [0.05, 0.1) is 18.4 Å². The van der Waals surface area contributed by atoms with Crippen LogP contribution in [0, 0.1) is 0 Å². The van der Waals surface area contributed by atoms with E-state index < -0.39 is 6.17 Å². The summed E-state index contributed by atoms with van der Waals surface area (Å²) in [5, 5.41) is 1.75. The van der Waals surface area contributed by atoms with Crippen LogP contribution in [0.4, 0.5) is 0 Å². The van der Waals surface area contributed by atoms with Gasteiger partial charge in [0.15, 0.2) is 16.6 Å². The minimum atomic E-state index is -0.411. The van der Waals surface area contributed by atoms with E-state index in [-0.39, 0.29) is 39.2 Å². The quantitative estimate of drug-likeness (QED) is 0.721. The lowest BCUT2D eigenvalue weighted by atomic mass is 9.99. The fourth-order valence-corrected chi connectivity index (χ4v) is 4.95. The van der Waals surface area contributed by atoms with Crippen LogP contribution in [-0.2, 0) is 4.79 Å². The fourth-order valence-electron chi connectivity index (χ4n) is 3.96. The molecule has 0 aliphatic carbocycles. The molecule has 0 radical (unpaired) electrons. The first kappa shape index (κ1) is 19.3. The highest BCUT2D eigenvalue weighted by molar-refractivity contribution is 8.14. The van der Waals surface area contributed by atoms with Gasteiger partial charge in [0.25, 0.3) is 5.91 Å². The van der Waals surface area contributed by atoms with Crippen molar-refractivity contribution < 1.29 is 14.3 Å². The average molecular weight is 411 g/mol. The van der Waals surface area contributed by atoms with Crippen molar-refractivity contribution in [2.24, 2.45) is 0 Å². The number of methoxy groups -OCH3 is 1. The molecule has 1 aromatic heterocycles. The zero-order chi connectivity index (χ0) is 20.7. The molecule has 3 heterocycles. The predicted octanol–water partition coefficient (Wildman–Crippen LogP) is 2.17. The van der Waals surface area contributed by atoms with Gasteiger partial charge in [0.2, 0.25) is 5.43 Å². The molecule has 1 aromatic carbocycles. The Morgan fingerprint density at radius 2 is 1.83 bits per heavy atom. The number of rotatable bonds is 3. The van der Waals surface area contributed by atoms with Crippen molar-refractivity contribution in [2.45, 2.75) is 24.4 Å². The number of carbonyl (C=O) groups excluding carboxylic acids is 2. The Kier molecular flexibility index (Phi) is 4.96. The molecule has 0 saturated heterocycles. The summed E-state index contributed by atoms with van der Waals surface area (Å²) in [5.41, 5.74) is 0.866. The maximum absolute atomic E-state index is 13.2. The number of nitrogens with zero attached hydrogens (tertiary/aromatic N) is 3. The summed E-state index contributed by atoms with van der Waals surface area (Å²) in [5.74, 6) is -0.308. The molecule has 2 aliphatic rings. The van der Waals surface area contributed by atoms with Crippen LogP contribution in [0.15, 0.2) is 59.5 Å². The summed E-state index contributed by atoms with van der Waals surface area (Å²) in [6.45, 7) is 1.52. The van der Waals surface area contributed by atoms with E-state index in [1.165, 1.54) is 31.9 Å². The van der Waals surface area contributed by atoms with Crippen molar-refractivity contribution in [3.8, 4) is 5.75 Å². The number of aromatic nitrogens is 1. The van der Waals surface area contributed by atoms with Gasteiger partial charge in [0.1, 0.15) is 6.17 Å². The van der Waals surface area contributed by atoms with Crippen LogP contribution in [0.2, 0.25) is 0 Å². The van der Waals surface area contributed by atoms with Crippen molar-refractivity contribution in [2.75, 3.05) is 19.2 Å². The second-order valence-corrected chi connectivity index (χ2v) is 8.29. The minimum Gasteiger partial charge on any atom is -0.491 e. The Bertz CT molecular complexity index is 1050. The summed E-state index contributed by atoms with van der Waals surface area (Å²) in [6, 6.07) is 11.1. The molecule has 0 fully saturated rings. The van der Waals surface area contributed by atoms with Crippen LogP contribution in [0.3, 0.4) is 0 Å². The van der Waals surface area contributed by atoms with Gasteiger partial charge in [-0.3, -0.25) is 24.1 Å². The first-order chi connectivity index (χ1) is 13.9. The van der Waals surface area contributed by atoms with Crippen molar-refractivity contribution in [1.82, 2.24) is 9.58 Å². The van der Waals surface area contributed by atoms with Crippen molar-refractivity contribution >= 4 is 22.8 Å². The highest BCUT2D eigenvalue weighted by Crippen LogP contribution is 2.38. The second-order valence-electron chi connectivity index (χ2n) is 6.93. The molecule has 2 aromatic rings. The maximum Gasteiger partial charge on any atom is 0.277 e. The number of ether oxygens (including phenoxy) is 1. The van der Waals surface area contributed by atoms with Crippen LogP contribution >= 0.6 is 11.8 Å². The van der Waals surface area contributed by atoms with E-state index in [4.69, 9.17) is 4.74 Å². The monoisotopic (exact) mass is 411 g/mol. The largest absolute Gasteiger partial charge is 0.491 e. The molecule has 0 N–H and O–H groups in total. The zero-order valence-electron chi connectivity index (χ0n) is 16.3. The Balaban J connectivity index is 1.95. The van der Waals surface area contributed by atoms with E-state index in [0.29, 0.717) is 0 Å². The lowest BCUT2D eigenvalue weighted by Crippen LogP contribution is -2.65. The zero-order valence-corrected chi connectivity index (χ0v) is 17.1. The molecule has 0 spiro atoms. The summed E-state index contributed by atoms with van der Waals surface area (Å²) in [7, 11) is 3.07. The Morgan fingerprint density at radius 1 is 1.10 bits per heavy atom. The summed E-state index contributed by atoms with van der Waals surface area (Å²) in [6.07, 6.45) is 5.21. The molecule has 29 heavy (non-hydrogen) atoms. The summed E-state index contributed by atoms with van der Waals surface area (Å²) < 4.78 is 6.99. The molecule has 150 valence electrons. The van der Waals surface area contributed by atoms with Crippen LogP contribution in [0.25, 0.3) is 0 Å². The third kappa shape index (κ3) is 3.13. The topological polar surface area (TPSA) is 71.8 Å². The maximum atomic E-state index is 13.2. The second kappa shape index (κ2) is 7.44. The average Bonchev–Trinajstić information content (AvgIpc) is 2.71. The van der Waals surface area contributed by atoms with Crippen molar-refractivity contribution in [1.29, 1.82) is 0 Å². The fraction of sp³-hybridized carbons (Fsp3) is 0.286. The van der Waals surface area contributed by atoms with Crippen LogP contribution in [0.1, 0.15) is 29.0 Å². The van der Waals surface area contributed by atoms with Crippen molar-refractivity contribution in [3.05, 3.63) is 76.2 Å². The lowest BCUT2D eigenvalue weighted by Gasteiger charge is -2.52. The molecule has 1 amide bonds. The number of carbonyl (C=O) groups is 2. The Labute approximate surface area is 172 Å². The number of hydrogen-bond acceptors (Lipinski definition) is 6. The molecule has 2 aliphatic heterocycles. The summed E-state index contributed by atoms with van der Waals surface area (Å²) >= 11 is 1.18. The number of thioether (sulfide) groups is 1. The molecular weight excluding hydrogens is 390 g/mol. The molecule has 0 saturated carbocycles. The molecule has 3 atom stereocenters. The van der Waals surface area contributed by atoms with Gasteiger partial charge < -0.3 is 9.64 Å². The highest BCUT2D eigenvalue weighted by Gasteiger charge is 2.46. The third-order valence-corrected chi connectivity index (χ3v) is 6.19. The van der Waals surface area contributed by atoms with E-state index >= 15 is 0 Å². The Morgan fingerprint density at radius 3 is 2.48 bits per heavy atom. The van der Waals surface area contributed by atoms with Crippen LogP contribution in [-0.4, -0.2) is 46.2 Å². The molecule has 4 rings (SSSR count). The van der Waals surface area contributed by atoms with Gasteiger partial charge in [-0.2, -0.15) is 0 Å². The van der Waals surface area contributed by atoms with E-state index in [1.54, 1.807) is 22.8 Å². The Hall–Kier alpha value is -3.00. The van der Waals surface area contributed by atoms with Gasteiger partial charge in [-0.15, -0.1) is 0 Å².